The molecule has 0 spiro atoms. The van der Waals surface area contributed by atoms with Gasteiger partial charge in [-0.3, -0.25) is 9.59 Å². The number of amides is 2. The molecule has 0 saturated carbocycles. The summed E-state index contributed by atoms with van der Waals surface area (Å²) >= 11 is 0. The second-order valence-electron chi connectivity index (χ2n) is 9.28. The predicted molar refractivity (Wildman–Crippen MR) is 122 cm³/mol. The number of halogens is 1. The maximum atomic E-state index is 13.5. The van der Waals surface area contributed by atoms with Crippen LogP contribution in [0, 0.1) is 11.2 Å². The van der Waals surface area contributed by atoms with Crippen LogP contribution >= 0.6 is 0 Å². The number of benzene rings is 2. The van der Waals surface area contributed by atoms with Gasteiger partial charge in [0.25, 0.3) is 5.91 Å². The molecular weight excluding hydrogens is 409 g/mol. The van der Waals surface area contributed by atoms with Crippen molar-refractivity contribution in [3.05, 3.63) is 65.5 Å². The third-order valence-electron chi connectivity index (χ3n) is 5.30. The van der Waals surface area contributed by atoms with E-state index in [-0.39, 0.29) is 35.6 Å². The molecule has 0 unspecified atom stereocenters. The Bertz CT molecular complexity index is 1010. The molecule has 1 atom stereocenters. The molecule has 0 fully saturated rings. The minimum absolute atomic E-state index is 0.0818. The second-order valence-corrected chi connectivity index (χ2v) is 9.28. The lowest BCUT2D eigenvalue weighted by molar-refractivity contribution is -0.141. The summed E-state index contributed by atoms with van der Waals surface area (Å²) in [4.78, 5) is 27.2. The largest absolute Gasteiger partial charge is 0.497 e. The van der Waals surface area contributed by atoms with Crippen LogP contribution in [0.15, 0.2) is 53.6 Å². The van der Waals surface area contributed by atoms with E-state index in [4.69, 9.17) is 4.74 Å². The van der Waals surface area contributed by atoms with Crippen molar-refractivity contribution in [2.24, 2.45) is 10.5 Å². The first kappa shape index (κ1) is 23.4. The predicted octanol–water partition coefficient (Wildman–Crippen LogP) is 4.41. The Morgan fingerprint density at radius 1 is 1.19 bits per heavy atom. The van der Waals surface area contributed by atoms with E-state index in [0.29, 0.717) is 18.6 Å². The number of ether oxygens (including phenoxy) is 1. The molecule has 0 aromatic heterocycles. The zero-order valence-corrected chi connectivity index (χ0v) is 19.3. The van der Waals surface area contributed by atoms with Crippen LogP contribution in [0.2, 0.25) is 0 Å². The topological polar surface area (TPSA) is 62.2 Å². The molecule has 7 heteroatoms. The fourth-order valence-corrected chi connectivity index (χ4v) is 3.61. The number of hydrogen-bond donors (Lipinski definition) is 0. The highest BCUT2D eigenvalue weighted by molar-refractivity contribution is 6.03. The molecule has 0 saturated heterocycles. The van der Waals surface area contributed by atoms with Crippen LogP contribution in [-0.4, -0.2) is 48.1 Å². The molecule has 3 rings (SSSR count). The number of hydrazone groups is 1. The summed E-state index contributed by atoms with van der Waals surface area (Å²) in [7, 11) is 3.22. The number of methoxy groups -OCH3 is 1. The van der Waals surface area contributed by atoms with E-state index >= 15 is 0 Å². The Balaban J connectivity index is 1.86. The van der Waals surface area contributed by atoms with Crippen molar-refractivity contribution < 1.29 is 18.7 Å². The standard InChI is InChI=1S/C25H30FN3O3/c1-25(2,3)15-23(30)28(4)16-24(31)29-22(17-9-11-19(26)12-10-17)14-21(27-29)18-7-6-8-20(13-18)32-5/h6-13,22H,14-16H2,1-5H3/t22-/m1/s1. The van der Waals surface area contributed by atoms with Gasteiger partial charge in [0.1, 0.15) is 18.1 Å². The number of carbonyl (C=O) groups is 2. The van der Waals surface area contributed by atoms with Gasteiger partial charge in [-0.05, 0) is 35.2 Å². The van der Waals surface area contributed by atoms with Gasteiger partial charge in [0.05, 0.1) is 18.9 Å². The summed E-state index contributed by atoms with van der Waals surface area (Å²) in [6.07, 6.45) is 0.820. The molecule has 0 aliphatic carbocycles. The van der Waals surface area contributed by atoms with Crippen LogP contribution in [0.1, 0.15) is 50.8 Å². The highest BCUT2D eigenvalue weighted by Crippen LogP contribution is 2.33. The summed E-state index contributed by atoms with van der Waals surface area (Å²) in [5.74, 6) is -0.0331. The Morgan fingerprint density at radius 2 is 1.88 bits per heavy atom. The van der Waals surface area contributed by atoms with Crippen molar-refractivity contribution in [2.45, 2.75) is 39.7 Å². The van der Waals surface area contributed by atoms with Gasteiger partial charge in [-0.2, -0.15) is 5.10 Å². The molecule has 1 aliphatic rings. The number of rotatable bonds is 6. The Morgan fingerprint density at radius 3 is 2.50 bits per heavy atom. The zero-order chi connectivity index (χ0) is 23.5. The highest BCUT2D eigenvalue weighted by atomic mass is 19.1. The average molecular weight is 440 g/mol. The quantitative estimate of drug-likeness (QED) is 0.670. The summed E-state index contributed by atoms with van der Waals surface area (Å²) in [6, 6.07) is 13.2. The molecule has 0 N–H and O–H groups in total. The number of carbonyl (C=O) groups excluding carboxylic acids is 2. The van der Waals surface area contributed by atoms with Crippen LogP contribution in [0.5, 0.6) is 5.75 Å². The van der Waals surface area contributed by atoms with Gasteiger partial charge in [-0.1, -0.05) is 45.0 Å². The van der Waals surface area contributed by atoms with E-state index < -0.39 is 0 Å². The summed E-state index contributed by atoms with van der Waals surface area (Å²) in [5.41, 5.74) is 2.19. The van der Waals surface area contributed by atoms with Crippen LogP contribution in [-0.2, 0) is 9.59 Å². The normalized spacial score (nSPS) is 16.0. The van der Waals surface area contributed by atoms with Gasteiger partial charge in [0.2, 0.25) is 5.91 Å². The van der Waals surface area contributed by atoms with Crippen molar-refractivity contribution >= 4 is 17.5 Å². The van der Waals surface area contributed by atoms with Gasteiger partial charge in [0, 0.05) is 25.5 Å². The SMILES string of the molecule is COc1cccc(C2=NN(C(=O)CN(C)C(=O)CC(C)(C)C)[C@@H](c3ccc(F)cc3)C2)c1. The van der Waals surface area contributed by atoms with E-state index in [1.807, 2.05) is 45.0 Å². The summed E-state index contributed by atoms with van der Waals surface area (Å²) < 4.78 is 18.8. The first-order chi connectivity index (χ1) is 15.1. The molecular formula is C25H30FN3O3. The molecule has 0 bridgehead atoms. The molecule has 32 heavy (non-hydrogen) atoms. The maximum Gasteiger partial charge on any atom is 0.262 e. The minimum atomic E-state index is -0.379. The van der Waals surface area contributed by atoms with E-state index in [1.165, 1.54) is 22.0 Å². The lowest BCUT2D eigenvalue weighted by atomic mass is 9.92. The van der Waals surface area contributed by atoms with Crippen LogP contribution < -0.4 is 4.74 Å². The van der Waals surface area contributed by atoms with Gasteiger partial charge in [-0.25, -0.2) is 9.40 Å². The van der Waals surface area contributed by atoms with Crippen molar-refractivity contribution in [2.75, 3.05) is 20.7 Å². The highest BCUT2D eigenvalue weighted by Gasteiger charge is 2.34. The van der Waals surface area contributed by atoms with Gasteiger partial charge < -0.3 is 9.64 Å². The Labute approximate surface area is 188 Å². The fraction of sp³-hybridized carbons (Fsp3) is 0.400. The second kappa shape index (κ2) is 9.51. The number of nitrogens with zero attached hydrogens (tertiary/aromatic N) is 3. The lowest BCUT2D eigenvalue weighted by Gasteiger charge is -2.26. The lowest BCUT2D eigenvalue weighted by Crippen LogP contribution is -2.40. The van der Waals surface area contributed by atoms with E-state index in [1.54, 1.807) is 26.3 Å². The smallest absolute Gasteiger partial charge is 0.262 e. The van der Waals surface area contributed by atoms with E-state index in [9.17, 15) is 14.0 Å². The Hall–Kier alpha value is -3.22. The third-order valence-corrected chi connectivity index (χ3v) is 5.30. The molecule has 1 heterocycles. The van der Waals surface area contributed by atoms with Gasteiger partial charge in [-0.15, -0.1) is 0 Å². The first-order valence-electron chi connectivity index (χ1n) is 10.6. The molecule has 1 aliphatic heterocycles. The molecule has 0 radical (unpaired) electrons. The summed E-state index contributed by atoms with van der Waals surface area (Å²) in [5, 5.41) is 6.03. The van der Waals surface area contributed by atoms with Crippen molar-refractivity contribution in [3.63, 3.8) is 0 Å². The van der Waals surface area contributed by atoms with Crippen molar-refractivity contribution in [3.8, 4) is 5.75 Å². The minimum Gasteiger partial charge on any atom is -0.497 e. The molecule has 170 valence electrons. The van der Waals surface area contributed by atoms with Crippen molar-refractivity contribution in [1.29, 1.82) is 0 Å². The number of hydrogen-bond acceptors (Lipinski definition) is 4. The van der Waals surface area contributed by atoms with Crippen LogP contribution in [0.25, 0.3) is 0 Å². The molecule has 2 aromatic rings. The van der Waals surface area contributed by atoms with Crippen LogP contribution in [0.4, 0.5) is 4.39 Å². The first-order valence-corrected chi connectivity index (χ1v) is 10.6. The summed E-state index contributed by atoms with van der Waals surface area (Å²) in [6.45, 7) is 5.87. The molecule has 2 aromatic carbocycles. The zero-order valence-electron chi connectivity index (χ0n) is 19.3. The van der Waals surface area contributed by atoms with Gasteiger partial charge in [0.15, 0.2) is 0 Å². The van der Waals surface area contributed by atoms with E-state index in [0.717, 1.165) is 16.8 Å². The molecule has 2 amide bonds. The van der Waals surface area contributed by atoms with Crippen molar-refractivity contribution in [1.82, 2.24) is 9.91 Å². The monoisotopic (exact) mass is 439 g/mol. The average Bonchev–Trinajstić information content (AvgIpc) is 3.18. The maximum absolute atomic E-state index is 13.5. The molecule has 6 nitrogen and oxygen atoms in total. The van der Waals surface area contributed by atoms with Gasteiger partial charge >= 0.3 is 0 Å². The van der Waals surface area contributed by atoms with E-state index in [2.05, 4.69) is 5.10 Å². The third kappa shape index (κ3) is 5.72. The fourth-order valence-electron chi connectivity index (χ4n) is 3.61. The number of likely N-dealkylation sites (N-methyl/N-ethyl adjacent to an activating group) is 1. The van der Waals surface area contributed by atoms with Crippen LogP contribution in [0.3, 0.4) is 0 Å². The Kier molecular flexibility index (Phi) is 6.96.